The molecule has 5 N–H and O–H groups in total. The number of nitrogens with zero attached hydrogens (tertiary/aromatic N) is 1. The molecule has 2 amide bonds. The summed E-state index contributed by atoms with van der Waals surface area (Å²) in [7, 11) is 1.33. The van der Waals surface area contributed by atoms with Crippen LogP contribution >= 0.6 is 0 Å². The van der Waals surface area contributed by atoms with Gasteiger partial charge in [-0.25, -0.2) is 0 Å². The number of nitrogens with one attached hydrogen (secondary N) is 2. The van der Waals surface area contributed by atoms with Crippen LogP contribution in [0.5, 0.6) is 11.5 Å². The quantitative estimate of drug-likeness (QED) is 0.105. The van der Waals surface area contributed by atoms with Crippen molar-refractivity contribution in [3.05, 3.63) is 48.6 Å². The van der Waals surface area contributed by atoms with Crippen molar-refractivity contribution in [3.63, 3.8) is 0 Å². The molecule has 1 saturated heterocycles. The first-order valence-electron chi connectivity index (χ1n) is 21.3. The van der Waals surface area contributed by atoms with Crippen molar-refractivity contribution >= 4 is 17.8 Å². The number of aliphatic hydroxyl groups excluding tert-OH is 1. The van der Waals surface area contributed by atoms with Crippen LogP contribution in [0.3, 0.4) is 0 Å². The summed E-state index contributed by atoms with van der Waals surface area (Å²) in [6, 6.07) is 3.85. The number of carbonyl (C=O) groups excluding carboxylic acids is 3. The number of phenols is 2. The molecule has 56 heavy (non-hydrogen) atoms. The fourth-order valence-electron chi connectivity index (χ4n) is 11.7. The number of esters is 1. The van der Waals surface area contributed by atoms with Crippen LogP contribution in [0.4, 0.5) is 0 Å². The number of benzene rings is 1. The van der Waals surface area contributed by atoms with Crippen molar-refractivity contribution in [2.75, 3.05) is 13.7 Å². The molecule has 0 radical (unpaired) electrons. The smallest absolute Gasteiger partial charge is 0.319 e. The van der Waals surface area contributed by atoms with Crippen molar-refractivity contribution < 1.29 is 34.4 Å². The minimum absolute atomic E-state index is 0.0839. The summed E-state index contributed by atoms with van der Waals surface area (Å²) in [6.07, 6.45) is 10.2. The number of aliphatic hydroxyl groups is 1. The number of ether oxygens (including phenoxy) is 1. The highest BCUT2D eigenvalue weighted by Crippen LogP contribution is 2.56. The van der Waals surface area contributed by atoms with Gasteiger partial charge in [-0.3, -0.25) is 19.3 Å². The van der Waals surface area contributed by atoms with Crippen molar-refractivity contribution in [1.29, 1.82) is 0 Å². The van der Waals surface area contributed by atoms with Gasteiger partial charge in [-0.15, -0.1) is 0 Å². The largest absolute Gasteiger partial charge is 0.508 e. The van der Waals surface area contributed by atoms with Gasteiger partial charge in [0.1, 0.15) is 11.5 Å². The number of aromatic hydroxyl groups is 2. The lowest BCUT2D eigenvalue weighted by Crippen LogP contribution is -2.66. The van der Waals surface area contributed by atoms with Gasteiger partial charge in [0.25, 0.3) is 0 Å². The number of piperidine rings is 1. The number of hydrogen-bond donors (Lipinski definition) is 5. The molecule has 5 aliphatic rings. The number of carbonyl (C=O) groups is 3. The number of phenolic OH excluding ortho intramolecular Hbond substituents is 2. The standard InChI is InChI=1S/C40H65N3O5.C6H6O2/c1-23(2)28-14-18-39(7)16-10-12-25(5)33(39)35(28)41-37(46)30-20-27(44)21-31(43(30)22-32(45)48-9)38(47)42-36-29(24(3)4)15-19-40(8)17-11-13-26(6)34(36)40;7-5-1-2-6(8)4-3-5/h23-24,27-31,33-36,44H,5-6,10-22H2,1-4,7-9H3,(H,41,46)(H,42,47);1-4,7-8H/t27?,28-,29-,30-,31+,33+,34+,35-,36-,39+,40+;/m0./s1. The molecular weight excluding hydrogens is 707 g/mol. The summed E-state index contributed by atoms with van der Waals surface area (Å²) in [5.41, 5.74) is 2.61. The van der Waals surface area contributed by atoms with E-state index in [1.165, 1.54) is 42.5 Å². The average Bonchev–Trinajstić information content (AvgIpc) is 3.12. The first kappa shape index (κ1) is 43.7. The zero-order valence-corrected chi connectivity index (χ0v) is 35.2. The lowest BCUT2D eigenvalue weighted by atomic mass is 9.53. The molecule has 10 heteroatoms. The molecule has 4 aliphatic carbocycles. The van der Waals surface area contributed by atoms with Crippen molar-refractivity contribution in [2.45, 2.75) is 149 Å². The first-order valence-corrected chi connectivity index (χ1v) is 21.3. The van der Waals surface area contributed by atoms with E-state index >= 15 is 0 Å². The van der Waals surface area contributed by atoms with Crippen LogP contribution in [0, 0.1) is 46.3 Å². The lowest BCUT2D eigenvalue weighted by molar-refractivity contribution is -0.151. The highest BCUT2D eigenvalue weighted by molar-refractivity contribution is 5.87. The molecule has 1 aliphatic heterocycles. The highest BCUT2D eigenvalue weighted by atomic mass is 16.5. The lowest BCUT2D eigenvalue weighted by Gasteiger charge is -2.55. The monoisotopic (exact) mass is 778 g/mol. The van der Waals surface area contributed by atoms with Crippen LogP contribution in [0.15, 0.2) is 48.6 Å². The van der Waals surface area contributed by atoms with E-state index in [0.29, 0.717) is 23.7 Å². The van der Waals surface area contributed by atoms with Gasteiger partial charge in [-0.1, -0.05) is 65.8 Å². The molecule has 312 valence electrons. The summed E-state index contributed by atoms with van der Waals surface area (Å²) in [5.74, 6) is 1.08. The SMILES string of the molecule is C=C1CCC[C@]2(C)CC[C@@H](C(C)C)[C@H](NC(=O)[C@H]3CC(O)C[C@@H](C(=O)N[C@@H]4[C@H]5C(=C)CCC[C@]5(C)CC[C@H]4C(C)C)N3CC(=O)OC)[C@@H]12.Oc1ccc(O)cc1. The van der Waals surface area contributed by atoms with E-state index in [4.69, 9.17) is 14.9 Å². The second kappa shape index (κ2) is 18.0. The molecular formula is C46H71N3O7. The molecule has 1 heterocycles. The summed E-state index contributed by atoms with van der Waals surface area (Å²) < 4.78 is 5.10. The topological polar surface area (TPSA) is 148 Å². The number of hydrogen-bond acceptors (Lipinski definition) is 8. The van der Waals surface area contributed by atoms with Gasteiger partial charge in [-0.2, -0.15) is 0 Å². The molecule has 1 aromatic carbocycles. The summed E-state index contributed by atoms with van der Waals surface area (Å²) in [6.45, 7) is 22.5. The van der Waals surface area contributed by atoms with Crippen molar-refractivity contribution in [2.24, 2.45) is 46.3 Å². The first-order chi connectivity index (χ1) is 26.4. The Balaban J connectivity index is 0.000000667. The maximum absolute atomic E-state index is 14.5. The Hall–Kier alpha value is -3.37. The van der Waals surface area contributed by atoms with Gasteiger partial charge < -0.3 is 30.7 Å². The van der Waals surface area contributed by atoms with Crippen LogP contribution in [0.2, 0.25) is 0 Å². The van der Waals surface area contributed by atoms with Gasteiger partial charge >= 0.3 is 5.97 Å². The Morgan fingerprint density at radius 1 is 0.768 bits per heavy atom. The molecule has 0 aromatic heterocycles. The molecule has 6 rings (SSSR count). The van der Waals surface area contributed by atoms with Crippen LogP contribution < -0.4 is 10.6 Å². The van der Waals surface area contributed by atoms with Gasteiger partial charge in [0.05, 0.1) is 31.8 Å². The van der Waals surface area contributed by atoms with Crippen molar-refractivity contribution in [1.82, 2.24) is 15.5 Å². The third-order valence-electron chi connectivity index (χ3n) is 14.7. The van der Waals surface area contributed by atoms with E-state index in [1.54, 1.807) is 4.90 Å². The maximum Gasteiger partial charge on any atom is 0.319 e. The Morgan fingerprint density at radius 2 is 1.16 bits per heavy atom. The Kier molecular flexibility index (Phi) is 14.1. The minimum atomic E-state index is -0.852. The maximum atomic E-state index is 14.5. The molecule has 0 spiro atoms. The van der Waals surface area contributed by atoms with Gasteiger partial charge in [0.2, 0.25) is 11.8 Å². The summed E-state index contributed by atoms with van der Waals surface area (Å²) in [5, 5.41) is 35.5. The molecule has 0 bridgehead atoms. The highest BCUT2D eigenvalue weighted by Gasteiger charge is 2.53. The van der Waals surface area contributed by atoms with Crippen LogP contribution in [0.25, 0.3) is 0 Å². The molecule has 4 saturated carbocycles. The number of rotatable bonds is 8. The van der Waals surface area contributed by atoms with Crippen LogP contribution in [0.1, 0.15) is 119 Å². The summed E-state index contributed by atoms with van der Waals surface area (Å²) >= 11 is 0. The second-order valence-electron chi connectivity index (χ2n) is 19.2. The molecule has 5 fully saturated rings. The predicted octanol–water partition coefficient (Wildman–Crippen LogP) is 7.28. The summed E-state index contributed by atoms with van der Waals surface area (Å²) in [4.78, 5) is 43.7. The van der Waals surface area contributed by atoms with Gasteiger partial charge in [-0.05, 0) is 136 Å². The number of methoxy groups -OCH3 is 1. The molecule has 10 nitrogen and oxygen atoms in total. The Bertz CT molecular complexity index is 1470. The number of likely N-dealkylation sites (tertiary alicyclic amines) is 1. The van der Waals surface area contributed by atoms with Gasteiger partial charge in [0, 0.05) is 23.9 Å². The van der Waals surface area contributed by atoms with Crippen LogP contribution in [-0.2, 0) is 19.1 Å². The van der Waals surface area contributed by atoms with E-state index in [-0.39, 0.29) is 77.4 Å². The van der Waals surface area contributed by atoms with E-state index in [1.807, 2.05) is 0 Å². The second-order valence-corrected chi connectivity index (χ2v) is 19.2. The third kappa shape index (κ3) is 9.49. The number of amides is 2. The molecule has 11 atom stereocenters. The fourth-order valence-corrected chi connectivity index (χ4v) is 11.7. The Labute approximate surface area is 335 Å². The van der Waals surface area contributed by atoms with E-state index in [0.717, 1.165) is 64.2 Å². The Morgan fingerprint density at radius 3 is 1.52 bits per heavy atom. The number of fused-ring (bicyclic) bond motifs is 2. The van der Waals surface area contributed by atoms with Crippen LogP contribution in [-0.4, -0.2) is 81.9 Å². The van der Waals surface area contributed by atoms with E-state index in [2.05, 4.69) is 65.3 Å². The minimum Gasteiger partial charge on any atom is -0.508 e. The third-order valence-corrected chi connectivity index (χ3v) is 14.7. The normalized spacial score (nSPS) is 36.1. The van der Waals surface area contributed by atoms with Crippen molar-refractivity contribution in [3.8, 4) is 11.5 Å². The predicted molar refractivity (Wildman–Crippen MR) is 219 cm³/mol. The zero-order chi connectivity index (χ0) is 41.1. The van der Waals surface area contributed by atoms with E-state index in [9.17, 15) is 19.5 Å². The van der Waals surface area contributed by atoms with E-state index < -0.39 is 24.2 Å². The zero-order valence-electron chi connectivity index (χ0n) is 35.2. The molecule has 1 aromatic rings. The average molecular weight is 778 g/mol. The fraction of sp³-hybridized carbons (Fsp3) is 0.717. The molecule has 1 unspecified atom stereocenters. The van der Waals surface area contributed by atoms with Gasteiger partial charge in [0.15, 0.2) is 0 Å².